The molecule has 0 N–H and O–H groups in total. The zero-order valence-electron chi connectivity index (χ0n) is 16.0. The molecule has 1 heterocycles. The second-order valence-electron chi connectivity index (χ2n) is 5.93. The summed E-state index contributed by atoms with van der Waals surface area (Å²) in [5.74, 6) is 0.448. The minimum atomic E-state index is -0.494. The number of carbonyl (C=O) groups is 1. The first-order valence-electron chi connectivity index (χ1n) is 8.73. The molecule has 0 radical (unpaired) electrons. The van der Waals surface area contributed by atoms with Gasteiger partial charge in [0.2, 0.25) is 5.88 Å². The van der Waals surface area contributed by atoms with Crippen LogP contribution in [-0.4, -0.2) is 30.2 Å². The summed E-state index contributed by atoms with van der Waals surface area (Å²) in [5.41, 5.74) is 2.58. The molecule has 3 rings (SSSR count). The molecule has 0 bridgehead atoms. The third kappa shape index (κ3) is 5.12. The molecule has 0 saturated heterocycles. The fourth-order valence-electron chi connectivity index (χ4n) is 2.67. The molecule has 0 unspecified atom stereocenters. The number of benzene rings is 2. The second kappa shape index (κ2) is 9.71. The van der Waals surface area contributed by atoms with Crippen molar-refractivity contribution in [2.75, 3.05) is 14.2 Å². The van der Waals surface area contributed by atoms with Crippen LogP contribution < -0.4 is 4.74 Å². The average Bonchev–Trinajstić information content (AvgIpc) is 2.76. The summed E-state index contributed by atoms with van der Waals surface area (Å²) >= 11 is 5.93. The van der Waals surface area contributed by atoms with Crippen molar-refractivity contribution < 1.29 is 19.0 Å². The van der Waals surface area contributed by atoms with E-state index in [2.05, 4.69) is 9.97 Å². The van der Waals surface area contributed by atoms with Crippen LogP contribution in [0.3, 0.4) is 0 Å². The lowest BCUT2D eigenvalue weighted by atomic mass is 10.0. The third-order valence-electron chi connectivity index (χ3n) is 4.06. The molecule has 7 heteroatoms. The third-order valence-corrected chi connectivity index (χ3v) is 4.31. The topological polar surface area (TPSA) is 70.5 Å². The standard InChI is InChI=1S/C22H19ClN2O4/c1-27-14-19(22(26)28-2)18-6-4-3-5-16(18)13-29-20-11-12-24-21(25-20)15-7-9-17(23)10-8-15/h3-12,14H,13H2,1-2H3/b19-14+. The van der Waals surface area contributed by atoms with Crippen LogP contribution in [0.15, 0.2) is 67.1 Å². The lowest BCUT2D eigenvalue weighted by Gasteiger charge is -2.12. The number of nitrogens with zero attached hydrogens (tertiary/aromatic N) is 2. The van der Waals surface area contributed by atoms with Crippen LogP contribution >= 0.6 is 11.6 Å². The van der Waals surface area contributed by atoms with Crippen LogP contribution in [0.2, 0.25) is 5.02 Å². The number of hydrogen-bond donors (Lipinski definition) is 0. The number of carbonyl (C=O) groups excluding carboxylic acids is 1. The summed E-state index contributed by atoms with van der Waals surface area (Å²) in [7, 11) is 2.80. The summed E-state index contributed by atoms with van der Waals surface area (Å²) in [5, 5.41) is 0.642. The molecule has 0 amide bonds. The first-order chi connectivity index (χ1) is 14.1. The molecular weight excluding hydrogens is 392 g/mol. The number of hydrogen-bond acceptors (Lipinski definition) is 6. The maximum absolute atomic E-state index is 12.1. The van der Waals surface area contributed by atoms with Crippen molar-refractivity contribution in [1.82, 2.24) is 9.97 Å². The van der Waals surface area contributed by atoms with Gasteiger partial charge in [-0.05, 0) is 35.4 Å². The molecule has 0 fully saturated rings. The summed E-state index contributed by atoms with van der Waals surface area (Å²) in [6, 6.07) is 16.3. The van der Waals surface area contributed by atoms with Crippen molar-refractivity contribution in [3.8, 4) is 17.3 Å². The van der Waals surface area contributed by atoms with Crippen molar-refractivity contribution in [2.24, 2.45) is 0 Å². The van der Waals surface area contributed by atoms with E-state index in [9.17, 15) is 4.79 Å². The van der Waals surface area contributed by atoms with Gasteiger partial charge in [0.1, 0.15) is 12.2 Å². The predicted molar refractivity (Wildman–Crippen MR) is 110 cm³/mol. The van der Waals surface area contributed by atoms with E-state index in [0.29, 0.717) is 27.9 Å². The number of rotatable bonds is 7. The lowest BCUT2D eigenvalue weighted by molar-refractivity contribution is -0.133. The molecule has 0 saturated carbocycles. The SMILES string of the molecule is CO/C=C(/C(=O)OC)c1ccccc1COc1ccnc(-c2ccc(Cl)cc2)n1. The van der Waals surface area contributed by atoms with Gasteiger partial charge in [0.25, 0.3) is 0 Å². The predicted octanol–water partition coefficient (Wildman–Crippen LogP) is 4.54. The Balaban J connectivity index is 1.82. The largest absolute Gasteiger partial charge is 0.503 e. The molecule has 0 aliphatic rings. The van der Waals surface area contributed by atoms with Gasteiger partial charge in [0, 0.05) is 22.8 Å². The highest BCUT2D eigenvalue weighted by molar-refractivity contribution is 6.30. The quantitative estimate of drug-likeness (QED) is 0.323. The molecule has 6 nitrogen and oxygen atoms in total. The Morgan fingerprint density at radius 1 is 1.07 bits per heavy atom. The van der Waals surface area contributed by atoms with Crippen LogP contribution in [0.25, 0.3) is 17.0 Å². The Bertz CT molecular complexity index is 1020. The second-order valence-corrected chi connectivity index (χ2v) is 6.37. The molecule has 2 aromatic carbocycles. The highest BCUT2D eigenvalue weighted by Crippen LogP contribution is 2.23. The molecule has 3 aromatic rings. The first-order valence-corrected chi connectivity index (χ1v) is 9.11. The van der Waals surface area contributed by atoms with E-state index in [0.717, 1.165) is 11.1 Å². The number of aromatic nitrogens is 2. The minimum Gasteiger partial charge on any atom is -0.503 e. The molecule has 0 atom stereocenters. The molecule has 0 aliphatic heterocycles. The Morgan fingerprint density at radius 3 is 2.55 bits per heavy atom. The Morgan fingerprint density at radius 2 is 1.83 bits per heavy atom. The number of halogens is 1. The van der Waals surface area contributed by atoms with E-state index in [1.807, 2.05) is 30.3 Å². The molecule has 29 heavy (non-hydrogen) atoms. The molecule has 0 spiro atoms. The molecule has 148 valence electrons. The van der Waals surface area contributed by atoms with E-state index in [-0.39, 0.29) is 6.61 Å². The van der Waals surface area contributed by atoms with Gasteiger partial charge >= 0.3 is 5.97 Å². The zero-order chi connectivity index (χ0) is 20.6. The normalized spacial score (nSPS) is 11.1. The van der Waals surface area contributed by atoms with Gasteiger partial charge in [-0.25, -0.2) is 9.78 Å². The Labute approximate surface area is 173 Å². The fraction of sp³-hybridized carbons (Fsp3) is 0.136. The summed E-state index contributed by atoms with van der Waals surface area (Å²) < 4.78 is 15.8. The van der Waals surface area contributed by atoms with Gasteiger partial charge in [0.15, 0.2) is 5.82 Å². The zero-order valence-corrected chi connectivity index (χ0v) is 16.7. The van der Waals surface area contributed by atoms with Gasteiger partial charge in [-0.15, -0.1) is 0 Å². The molecule has 1 aromatic heterocycles. The molecule has 0 aliphatic carbocycles. The van der Waals surface area contributed by atoms with Crippen molar-refractivity contribution in [1.29, 1.82) is 0 Å². The average molecular weight is 411 g/mol. The van der Waals surface area contributed by atoms with Crippen LogP contribution in [0.5, 0.6) is 5.88 Å². The maximum Gasteiger partial charge on any atom is 0.341 e. The van der Waals surface area contributed by atoms with Crippen molar-refractivity contribution in [3.05, 3.63) is 83.2 Å². The van der Waals surface area contributed by atoms with E-state index in [4.69, 9.17) is 25.8 Å². The van der Waals surface area contributed by atoms with Gasteiger partial charge in [-0.3, -0.25) is 0 Å². The van der Waals surface area contributed by atoms with Crippen molar-refractivity contribution in [2.45, 2.75) is 6.61 Å². The monoisotopic (exact) mass is 410 g/mol. The van der Waals surface area contributed by atoms with E-state index in [1.165, 1.54) is 20.5 Å². The number of esters is 1. The van der Waals surface area contributed by atoms with Crippen LogP contribution in [-0.2, 0) is 20.9 Å². The lowest BCUT2D eigenvalue weighted by Crippen LogP contribution is -2.08. The van der Waals surface area contributed by atoms with E-state index in [1.54, 1.807) is 30.5 Å². The fourth-order valence-corrected chi connectivity index (χ4v) is 2.80. The highest BCUT2D eigenvalue weighted by Gasteiger charge is 2.17. The van der Waals surface area contributed by atoms with Gasteiger partial charge in [0.05, 0.1) is 20.5 Å². The Kier molecular flexibility index (Phi) is 6.81. The first kappa shape index (κ1) is 20.4. The summed E-state index contributed by atoms with van der Waals surface area (Å²) in [6.45, 7) is 0.200. The van der Waals surface area contributed by atoms with Crippen LogP contribution in [0.1, 0.15) is 11.1 Å². The Hall–Kier alpha value is -3.38. The highest BCUT2D eigenvalue weighted by atomic mass is 35.5. The minimum absolute atomic E-state index is 0.200. The van der Waals surface area contributed by atoms with Gasteiger partial charge < -0.3 is 14.2 Å². The maximum atomic E-state index is 12.1. The van der Waals surface area contributed by atoms with Gasteiger partial charge in [-0.1, -0.05) is 35.9 Å². The van der Waals surface area contributed by atoms with Crippen molar-refractivity contribution >= 4 is 23.1 Å². The van der Waals surface area contributed by atoms with E-state index < -0.39 is 5.97 Å². The summed E-state index contributed by atoms with van der Waals surface area (Å²) in [6.07, 6.45) is 2.98. The smallest absolute Gasteiger partial charge is 0.341 e. The van der Waals surface area contributed by atoms with Crippen LogP contribution in [0, 0.1) is 0 Å². The van der Waals surface area contributed by atoms with Crippen molar-refractivity contribution in [3.63, 3.8) is 0 Å². The molecular formula is C22H19ClN2O4. The summed E-state index contributed by atoms with van der Waals surface area (Å²) in [4.78, 5) is 20.8. The van der Waals surface area contributed by atoms with Gasteiger partial charge in [-0.2, -0.15) is 4.98 Å². The number of ether oxygens (including phenoxy) is 3. The van der Waals surface area contributed by atoms with E-state index >= 15 is 0 Å². The van der Waals surface area contributed by atoms with Crippen LogP contribution in [0.4, 0.5) is 0 Å². The number of methoxy groups -OCH3 is 2.